The minimum absolute atomic E-state index is 0.0321. The van der Waals surface area contributed by atoms with Crippen molar-refractivity contribution in [3.8, 4) is 0 Å². The number of aromatic nitrogens is 1. The Kier molecular flexibility index (Phi) is 8.49. The Morgan fingerprint density at radius 3 is 2.37 bits per heavy atom. The Morgan fingerprint density at radius 2 is 1.83 bits per heavy atom. The van der Waals surface area contributed by atoms with Gasteiger partial charge in [0.25, 0.3) is 0 Å². The molecule has 0 aromatic carbocycles. The smallest absolute Gasteiger partial charge is 0.0997 e. The molecule has 0 radical (unpaired) electrons. The molecule has 1 fully saturated rings. The van der Waals surface area contributed by atoms with Crippen molar-refractivity contribution in [3.05, 3.63) is 59.7 Å². The highest BCUT2D eigenvalue weighted by molar-refractivity contribution is 5.67. The molecule has 1 aromatic rings. The Balaban J connectivity index is 2.53. The van der Waals surface area contributed by atoms with Crippen molar-refractivity contribution >= 4 is 5.57 Å². The third-order valence-electron chi connectivity index (χ3n) is 5.59. The van der Waals surface area contributed by atoms with Crippen molar-refractivity contribution in [1.82, 2.24) is 10.3 Å². The van der Waals surface area contributed by atoms with Gasteiger partial charge in [0.2, 0.25) is 0 Å². The maximum absolute atomic E-state index is 5.93. The summed E-state index contributed by atoms with van der Waals surface area (Å²) >= 11 is 0. The molecule has 3 heteroatoms. The summed E-state index contributed by atoms with van der Waals surface area (Å²) in [7, 11) is 1.80. The average molecular weight is 411 g/mol. The fraction of sp³-hybridized carbons (Fsp3) is 0.593. The molecule has 1 N–H and O–H groups in total. The first kappa shape index (κ1) is 24.4. The number of hydrogen-bond acceptors (Lipinski definition) is 3. The van der Waals surface area contributed by atoms with Crippen molar-refractivity contribution in [3.63, 3.8) is 0 Å². The molecule has 2 rings (SSSR count). The Bertz CT molecular complexity index is 769. The zero-order chi connectivity index (χ0) is 22.4. The molecular weight excluding hydrogens is 368 g/mol. The summed E-state index contributed by atoms with van der Waals surface area (Å²) in [4.78, 5) is 5.10. The lowest BCUT2D eigenvalue weighted by Gasteiger charge is -2.28. The van der Waals surface area contributed by atoms with E-state index >= 15 is 0 Å². The maximum atomic E-state index is 5.93. The number of nitrogens with one attached hydrogen (secondary N) is 1. The largest absolute Gasteiger partial charge is 0.501 e. The van der Waals surface area contributed by atoms with Gasteiger partial charge in [-0.2, -0.15) is 0 Å². The van der Waals surface area contributed by atoms with E-state index in [4.69, 9.17) is 9.72 Å². The fourth-order valence-corrected chi connectivity index (χ4v) is 4.02. The molecule has 2 heterocycles. The maximum Gasteiger partial charge on any atom is 0.0997 e. The highest BCUT2D eigenvalue weighted by Gasteiger charge is 2.25. The molecule has 30 heavy (non-hydrogen) atoms. The van der Waals surface area contributed by atoms with Crippen LogP contribution in [0.15, 0.2) is 48.3 Å². The third-order valence-corrected chi connectivity index (χ3v) is 5.59. The van der Waals surface area contributed by atoms with E-state index in [1.807, 2.05) is 6.08 Å². The molecule has 0 bridgehead atoms. The van der Waals surface area contributed by atoms with Crippen LogP contribution in [-0.4, -0.2) is 25.2 Å². The van der Waals surface area contributed by atoms with Crippen molar-refractivity contribution in [2.24, 2.45) is 10.8 Å². The predicted octanol–water partition coefficient (Wildman–Crippen LogP) is 6.89. The van der Waals surface area contributed by atoms with Gasteiger partial charge in [-0.3, -0.25) is 4.98 Å². The van der Waals surface area contributed by atoms with Gasteiger partial charge in [0.15, 0.2) is 0 Å². The summed E-state index contributed by atoms with van der Waals surface area (Å²) in [5.74, 6) is 1.61. The van der Waals surface area contributed by atoms with E-state index in [9.17, 15) is 0 Å². The third kappa shape index (κ3) is 7.12. The van der Waals surface area contributed by atoms with Crippen LogP contribution in [-0.2, 0) is 4.74 Å². The molecule has 0 aliphatic carbocycles. The molecule has 3 nitrogen and oxygen atoms in total. The Hall–Kier alpha value is -1.87. The Morgan fingerprint density at radius 1 is 1.17 bits per heavy atom. The van der Waals surface area contributed by atoms with Gasteiger partial charge < -0.3 is 10.1 Å². The van der Waals surface area contributed by atoms with E-state index in [2.05, 4.69) is 77.7 Å². The number of hydrogen-bond donors (Lipinski definition) is 1. The summed E-state index contributed by atoms with van der Waals surface area (Å²) in [6.45, 7) is 19.7. The van der Waals surface area contributed by atoms with Gasteiger partial charge >= 0.3 is 0 Å². The number of methoxy groups -OCH3 is 1. The Labute approximate surface area is 184 Å². The number of ether oxygens (including phenoxy) is 1. The van der Waals surface area contributed by atoms with Crippen LogP contribution in [0.2, 0.25) is 0 Å². The van der Waals surface area contributed by atoms with E-state index in [0.29, 0.717) is 5.92 Å². The molecular formula is C27H42N2O. The van der Waals surface area contributed by atoms with Crippen molar-refractivity contribution in [1.29, 1.82) is 0 Å². The van der Waals surface area contributed by atoms with Crippen molar-refractivity contribution in [2.45, 2.75) is 73.1 Å². The van der Waals surface area contributed by atoms with Crippen LogP contribution >= 0.6 is 0 Å². The van der Waals surface area contributed by atoms with Crippen LogP contribution in [0.4, 0.5) is 0 Å². The first-order chi connectivity index (χ1) is 14.0. The molecule has 0 spiro atoms. The van der Waals surface area contributed by atoms with Gasteiger partial charge in [0, 0.05) is 18.0 Å². The van der Waals surface area contributed by atoms with Crippen molar-refractivity contribution in [2.75, 3.05) is 20.2 Å². The van der Waals surface area contributed by atoms with Gasteiger partial charge in [0.1, 0.15) is 0 Å². The normalized spacial score (nSPS) is 17.5. The molecule has 0 saturated carbocycles. The number of allylic oxidation sites excluding steroid dienone is 5. The highest BCUT2D eigenvalue weighted by Crippen LogP contribution is 2.37. The standard InChI is InChI=1S/C27H42N2O/c1-9-11-21(18-22(27(5,6)7)25(30-8)19-26(2,3)4)24-13-10-12-23(29-24)20-14-16-28-17-15-20/h9-10,12-13,18,20,28H,1,11,14-17,19H2,2-8H3/b21-18+,25-22-. The summed E-state index contributed by atoms with van der Waals surface area (Å²) < 4.78 is 5.93. The minimum Gasteiger partial charge on any atom is -0.501 e. The fourth-order valence-electron chi connectivity index (χ4n) is 4.02. The van der Waals surface area contributed by atoms with Gasteiger partial charge in [0.05, 0.1) is 18.6 Å². The zero-order valence-corrected chi connectivity index (χ0v) is 20.3. The van der Waals surface area contributed by atoms with Crippen LogP contribution in [0, 0.1) is 10.8 Å². The molecule has 1 saturated heterocycles. The molecule has 1 aromatic heterocycles. The van der Waals surface area contributed by atoms with Crippen LogP contribution < -0.4 is 5.32 Å². The van der Waals surface area contributed by atoms with Crippen molar-refractivity contribution < 1.29 is 4.74 Å². The topological polar surface area (TPSA) is 34.1 Å². The number of rotatable bonds is 7. The molecule has 0 unspecified atom stereocenters. The van der Waals surface area contributed by atoms with Crippen LogP contribution in [0.5, 0.6) is 0 Å². The zero-order valence-electron chi connectivity index (χ0n) is 20.3. The number of piperidine rings is 1. The minimum atomic E-state index is -0.0321. The summed E-state index contributed by atoms with van der Waals surface area (Å²) in [5, 5.41) is 3.45. The second-order valence-corrected chi connectivity index (χ2v) is 10.7. The summed E-state index contributed by atoms with van der Waals surface area (Å²) in [6, 6.07) is 6.48. The molecule has 1 aliphatic rings. The lowest BCUT2D eigenvalue weighted by atomic mass is 9.80. The van der Waals surface area contributed by atoms with E-state index in [-0.39, 0.29) is 10.8 Å². The van der Waals surface area contributed by atoms with Gasteiger partial charge in [-0.1, -0.05) is 53.7 Å². The summed E-state index contributed by atoms with van der Waals surface area (Å²) in [5.41, 5.74) is 4.84. The lowest BCUT2D eigenvalue weighted by Crippen LogP contribution is -2.27. The van der Waals surface area contributed by atoms with E-state index in [0.717, 1.165) is 50.2 Å². The second kappa shape index (κ2) is 10.4. The molecule has 0 atom stereocenters. The van der Waals surface area contributed by atoms with Gasteiger partial charge in [-0.15, -0.1) is 6.58 Å². The van der Waals surface area contributed by atoms with Gasteiger partial charge in [-0.05, 0) is 72.5 Å². The lowest BCUT2D eigenvalue weighted by molar-refractivity contribution is 0.226. The average Bonchev–Trinajstić information content (AvgIpc) is 2.68. The van der Waals surface area contributed by atoms with E-state index in [1.54, 1.807) is 7.11 Å². The van der Waals surface area contributed by atoms with E-state index < -0.39 is 0 Å². The monoisotopic (exact) mass is 410 g/mol. The molecule has 166 valence electrons. The van der Waals surface area contributed by atoms with Crippen LogP contribution in [0.25, 0.3) is 5.57 Å². The van der Waals surface area contributed by atoms with Crippen LogP contribution in [0.1, 0.15) is 84.5 Å². The van der Waals surface area contributed by atoms with E-state index in [1.165, 1.54) is 16.8 Å². The molecule has 1 aliphatic heterocycles. The first-order valence-corrected chi connectivity index (χ1v) is 11.3. The predicted molar refractivity (Wildman–Crippen MR) is 129 cm³/mol. The number of nitrogens with zero attached hydrogens (tertiary/aromatic N) is 1. The van der Waals surface area contributed by atoms with Crippen LogP contribution in [0.3, 0.4) is 0 Å². The highest BCUT2D eigenvalue weighted by atomic mass is 16.5. The quantitative estimate of drug-likeness (QED) is 0.302. The second-order valence-electron chi connectivity index (χ2n) is 10.7. The number of pyridine rings is 1. The van der Waals surface area contributed by atoms with Gasteiger partial charge in [-0.25, -0.2) is 0 Å². The first-order valence-electron chi connectivity index (χ1n) is 11.3. The summed E-state index contributed by atoms with van der Waals surface area (Å²) in [6.07, 6.45) is 8.28. The SMILES string of the molecule is C=CC/C(=C\C(=C(/CC(C)(C)C)OC)C(C)(C)C)c1cccc(C2CCNCC2)n1. The molecule has 0 amide bonds.